The molecule has 0 bridgehead atoms. The number of fused-ring (bicyclic) bond motifs is 1. The van der Waals surface area contributed by atoms with Crippen LogP contribution < -0.4 is 5.30 Å². The molecular weight excluding hydrogens is 211 g/mol. The molecule has 82 valence electrons. The molecule has 1 aromatic carbocycles. The molecule has 0 fully saturated rings. The minimum absolute atomic E-state index is 0.398. The van der Waals surface area contributed by atoms with Gasteiger partial charge in [0.25, 0.3) is 0 Å². The zero-order chi connectivity index (χ0) is 11.1. The van der Waals surface area contributed by atoms with E-state index in [9.17, 15) is 4.57 Å². The first-order valence-corrected chi connectivity index (χ1v) is 6.61. The van der Waals surface area contributed by atoms with Crippen LogP contribution in [0.4, 0.5) is 0 Å². The monoisotopic (exact) mass is 226 g/mol. The highest BCUT2D eigenvalue weighted by Crippen LogP contribution is 2.53. The van der Waals surface area contributed by atoms with E-state index in [1.807, 2.05) is 32.9 Å². The van der Waals surface area contributed by atoms with E-state index in [0.29, 0.717) is 13.2 Å². The third-order valence-corrected chi connectivity index (χ3v) is 4.74. The Kier molecular flexibility index (Phi) is 2.72. The quantitative estimate of drug-likeness (QED) is 0.727. The Balaban J connectivity index is 2.55. The summed E-state index contributed by atoms with van der Waals surface area (Å²) < 4.78 is 22.9. The molecule has 1 aliphatic rings. The van der Waals surface area contributed by atoms with Gasteiger partial charge < -0.3 is 9.05 Å². The Labute approximate surface area is 89.9 Å². The minimum Gasteiger partial charge on any atom is -0.305 e. The number of aryl methyl sites for hydroxylation is 2. The summed E-state index contributed by atoms with van der Waals surface area (Å²) in [4.78, 5) is 0. The van der Waals surface area contributed by atoms with Crippen molar-refractivity contribution in [2.45, 2.75) is 27.4 Å². The van der Waals surface area contributed by atoms with E-state index in [0.717, 1.165) is 16.4 Å². The second-order valence-electron chi connectivity index (χ2n) is 3.78. The van der Waals surface area contributed by atoms with Crippen molar-refractivity contribution in [1.82, 2.24) is 0 Å². The van der Waals surface area contributed by atoms with Gasteiger partial charge in [-0.05, 0) is 31.9 Å². The van der Waals surface area contributed by atoms with Gasteiger partial charge in [-0.1, -0.05) is 17.7 Å². The third kappa shape index (κ3) is 1.76. The zero-order valence-electron chi connectivity index (χ0n) is 9.24. The molecule has 0 aromatic heterocycles. The zero-order valence-corrected chi connectivity index (χ0v) is 10.1. The fourth-order valence-electron chi connectivity index (χ4n) is 2.04. The highest BCUT2D eigenvalue weighted by molar-refractivity contribution is 7.62. The van der Waals surface area contributed by atoms with E-state index in [-0.39, 0.29) is 0 Å². The van der Waals surface area contributed by atoms with Gasteiger partial charge >= 0.3 is 7.60 Å². The van der Waals surface area contributed by atoms with Crippen molar-refractivity contribution in [3.05, 3.63) is 28.8 Å². The first-order chi connectivity index (χ1) is 7.07. The molecule has 0 saturated carbocycles. The lowest BCUT2D eigenvalue weighted by atomic mass is 10.1. The fraction of sp³-hybridized carbons (Fsp3) is 0.455. The van der Waals surface area contributed by atoms with E-state index in [1.54, 1.807) is 0 Å². The molecule has 0 saturated heterocycles. The molecule has 4 heteroatoms. The summed E-state index contributed by atoms with van der Waals surface area (Å²) in [6.45, 7) is 6.60. The molecule has 15 heavy (non-hydrogen) atoms. The molecule has 0 radical (unpaired) electrons. The van der Waals surface area contributed by atoms with Crippen LogP contribution in [-0.4, -0.2) is 6.61 Å². The van der Waals surface area contributed by atoms with Crippen molar-refractivity contribution in [2.24, 2.45) is 0 Å². The van der Waals surface area contributed by atoms with Crippen molar-refractivity contribution >= 4 is 12.9 Å². The maximum absolute atomic E-state index is 12.3. The predicted octanol–water partition coefficient (Wildman–Crippen LogP) is 2.69. The highest BCUT2D eigenvalue weighted by Gasteiger charge is 2.37. The first-order valence-electron chi connectivity index (χ1n) is 5.06. The summed E-state index contributed by atoms with van der Waals surface area (Å²) in [5.41, 5.74) is 3.17. The molecule has 1 aliphatic heterocycles. The van der Waals surface area contributed by atoms with Crippen molar-refractivity contribution in [3.63, 3.8) is 0 Å². The number of hydrogen-bond acceptors (Lipinski definition) is 3. The van der Waals surface area contributed by atoms with Gasteiger partial charge in [0.2, 0.25) is 0 Å². The van der Waals surface area contributed by atoms with Crippen molar-refractivity contribution in [3.8, 4) is 0 Å². The smallest absolute Gasteiger partial charge is 0.305 e. The summed E-state index contributed by atoms with van der Waals surface area (Å²) in [6.07, 6.45) is 0. The van der Waals surface area contributed by atoms with Crippen LogP contribution in [0.5, 0.6) is 0 Å². The third-order valence-electron chi connectivity index (χ3n) is 2.49. The van der Waals surface area contributed by atoms with Crippen LogP contribution in [-0.2, 0) is 20.2 Å². The van der Waals surface area contributed by atoms with E-state index >= 15 is 0 Å². The Bertz CT molecular complexity index is 440. The van der Waals surface area contributed by atoms with Crippen molar-refractivity contribution < 1.29 is 13.6 Å². The Morgan fingerprint density at radius 2 is 2.20 bits per heavy atom. The maximum atomic E-state index is 12.3. The number of benzene rings is 1. The van der Waals surface area contributed by atoms with Crippen LogP contribution in [0.1, 0.15) is 23.6 Å². The standard InChI is InChI=1S/C11H15O3P/c1-4-13-15(12)11-9(3)5-8(2)6-10(11)7-14-15/h5-6H,4,7H2,1-3H3. The molecule has 1 unspecified atom stereocenters. The lowest BCUT2D eigenvalue weighted by Crippen LogP contribution is -2.10. The second-order valence-corrected chi connectivity index (χ2v) is 5.74. The molecule has 0 spiro atoms. The predicted molar refractivity (Wildman–Crippen MR) is 59.6 cm³/mol. The van der Waals surface area contributed by atoms with Gasteiger partial charge in [-0.25, -0.2) is 0 Å². The molecule has 1 aromatic rings. The van der Waals surface area contributed by atoms with Gasteiger partial charge in [0.05, 0.1) is 18.5 Å². The molecule has 3 nitrogen and oxygen atoms in total. The highest BCUT2D eigenvalue weighted by atomic mass is 31.2. The van der Waals surface area contributed by atoms with E-state index in [1.165, 1.54) is 5.56 Å². The van der Waals surface area contributed by atoms with Crippen LogP contribution in [0, 0.1) is 13.8 Å². The number of hydrogen-bond donors (Lipinski definition) is 0. The molecule has 2 rings (SSSR count). The summed E-state index contributed by atoms with van der Waals surface area (Å²) >= 11 is 0. The molecule has 1 atom stereocenters. The van der Waals surface area contributed by atoms with Crippen LogP contribution in [0.15, 0.2) is 12.1 Å². The van der Waals surface area contributed by atoms with Gasteiger partial charge in [0, 0.05) is 0 Å². The second kappa shape index (κ2) is 3.75. The van der Waals surface area contributed by atoms with Crippen molar-refractivity contribution in [1.29, 1.82) is 0 Å². The van der Waals surface area contributed by atoms with Crippen LogP contribution in [0.2, 0.25) is 0 Å². The molecule has 1 heterocycles. The van der Waals surface area contributed by atoms with Gasteiger partial charge in [0.15, 0.2) is 0 Å². The summed E-state index contributed by atoms with van der Waals surface area (Å²) in [6, 6.07) is 4.03. The average molecular weight is 226 g/mol. The Morgan fingerprint density at radius 1 is 1.47 bits per heavy atom. The largest absolute Gasteiger partial charge is 0.362 e. The van der Waals surface area contributed by atoms with Gasteiger partial charge in [-0.15, -0.1) is 0 Å². The summed E-state index contributed by atoms with van der Waals surface area (Å²) in [5, 5.41) is 0.773. The van der Waals surface area contributed by atoms with Crippen LogP contribution in [0.3, 0.4) is 0 Å². The molecule has 0 N–H and O–H groups in total. The maximum Gasteiger partial charge on any atom is 0.362 e. The van der Waals surface area contributed by atoms with E-state index in [4.69, 9.17) is 9.05 Å². The average Bonchev–Trinajstić information content (AvgIpc) is 2.44. The topological polar surface area (TPSA) is 35.5 Å². The van der Waals surface area contributed by atoms with Crippen LogP contribution in [0.25, 0.3) is 0 Å². The molecule has 0 amide bonds. The summed E-state index contributed by atoms with van der Waals surface area (Å²) in [7, 11) is -3.02. The van der Waals surface area contributed by atoms with Gasteiger partial charge in [-0.3, -0.25) is 4.57 Å². The lowest BCUT2D eigenvalue weighted by Gasteiger charge is -2.13. The molecule has 0 aliphatic carbocycles. The lowest BCUT2D eigenvalue weighted by molar-refractivity contribution is 0.225. The Morgan fingerprint density at radius 3 is 2.87 bits per heavy atom. The minimum atomic E-state index is -3.02. The first kappa shape index (κ1) is 10.9. The summed E-state index contributed by atoms with van der Waals surface area (Å²) in [5.74, 6) is 0. The Hall–Kier alpha value is -0.630. The van der Waals surface area contributed by atoms with Crippen molar-refractivity contribution in [2.75, 3.05) is 6.61 Å². The normalized spacial score (nSPS) is 24.2. The van der Waals surface area contributed by atoms with Gasteiger partial charge in [-0.2, -0.15) is 0 Å². The fourth-order valence-corrected chi connectivity index (χ4v) is 4.00. The SMILES string of the molecule is CCOP1(=O)OCc2cc(C)cc(C)c21. The van der Waals surface area contributed by atoms with E-state index < -0.39 is 7.60 Å². The van der Waals surface area contributed by atoms with Gasteiger partial charge in [0.1, 0.15) is 0 Å². The van der Waals surface area contributed by atoms with Crippen LogP contribution >= 0.6 is 7.60 Å². The van der Waals surface area contributed by atoms with E-state index in [2.05, 4.69) is 0 Å². The number of rotatable bonds is 2. The molecular formula is C11H15O3P.